The number of nitrogens with one attached hydrogen (secondary N) is 2. The van der Waals surface area contributed by atoms with Crippen LogP contribution in [0.25, 0.3) is 0 Å². The van der Waals surface area contributed by atoms with Crippen LogP contribution in [0, 0.1) is 6.92 Å². The van der Waals surface area contributed by atoms with E-state index < -0.39 is 5.91 Å². The number of aryl methyl sites for hydroxylation is 1. The second-order valence-corrected chi connectivity index (χ2v) is 6.84. The van der Waals surface area contributed by atoms with Gasteiger partial charge in [0.05, 0.1) is 17.8 Å². The fourth-order valence-electron chi connectivity index (χ4n) is 3.04. The zero-order valence-electron chi connectivity index (χ0n) is 15.7. The molecule has 0 saturated carbocycles. The summed E-state index contributed by atoms with van der Waals surface area (Å²) in [5.74, 6) is 0.0136. The van der Waals surface area contributed by atoms with Crippen LogP contribution in [0.4, 0.5) is 5.82 Å². The second kappa shape index (κ2) is 8.18. The van der Waals surface area contributed by atoms with Gasteiger partial charge in [0.2, 0.25) is 0 Å². The Labute approximate surface area is 158 Å². The predicted octanol–water partition coefficient (Wildman–Crippen LogP) is 2.08. The van der Waals surface area contributed by atoms with Crippen LogP contribution in [0.5, 0.6) is 0 Å². The lowest BCUT2D eigenvalue weighted by Gasteiger charge is -2.36. The minimum atomic E-state index is -0.418. The van der Waals surface area contributed by atoms with E-state index in [4.69, 9.17) is 4.74 Å². The van der Waals surface area contributed by atoms with Gasteiger partial charge in [0.1, 0.15) is 5.82 Å². The quantitative estimate of drug-likeness (QED) is 0.811. The molecule has 1 aromatic carbocycles. The second-order valence-electron chi connectivity index (χ2n) is 6.84. The Morgan fingerprint density at radius 2 is 1.52 bits per heavy atom. The highest BCUT2D eigenvalue weighted by atomic mass is 16.5. The predicted molar refractivity (Wildman–Crippen MR) is 103 cm³/mol. The highest BCUT2D eigenvalue weighted by molar-refractivity contribution is 5.99. The molecular formula is C20H24N4O3. The first-order valence-corrected chi connectivity index (χ1v) is 8.96. The summed E-state index contributed by atoms with van der Waals surface area (Å²) in [7, 11) is 0. The lowest BCUT2D eigenvalue weighted by Crippen LogP contribution is -2.46. The number of ether oxygens (including phenoxy) is 1. The number of hydrazine groups is 1. The van der Waals surface area contributed by atoms with Crippen molar-refractivity contribution in [3.8, 4) is 0 Å². The van der Waals surface area contributed by atoms with E-state index in [-0.39, 0.29) is 18.1 Å². The number of carbonyl (C=O) groups is 2. The normalized spacial score (nSPS) is 19.4. The van der Waals surface area contributed by atoms with Crippen LogP contribution in [0.2, 0.25) is 0 Å². The van der Waals surface area contributed by atoms with Gasteiger partial charge in [-0.15, -0.1) is 0 Å². The van der Waals surface area contributed by atoms with E-state index in [2.05, 4.69) is 20.7 Å². The molecule has 2 heterocycles. The van der Waals surface area contributed by atoms with Crippen LogP contribution < -0.4 is 15.8 Å². The van der Waals surface area contributed by atoms with Gasteiger partial charge in [-0.25, -0.2) is 4.98 Å². The molecule has 3 rings (SSSR count). The van der Waals surface area contributed by atoms with Gasteiger partial charge in [0, 0.05) is 24.8 Å². The van der Waals surface area contributed by atoms with Crippen molar-refractivity contribution in [1.29, 1.82) is 0 Å². The van der Waals surface area contributed by atoms with E-state index >= 15 is 0 Å². The third-order valence-corrected chi connectivity index (χ3v) is 4.36. The van der Waals surface area contributed by atoms with Gasteiger partial charge in [-0.05, 0) is 45.0 Å². The summed E-state index contributed by atoms with van der Waals surface area (Å²) in [4.78, 5) is 30.8. The highest BCUT2D eigenvalue weighted by Gasteiger charge is 2.23. The molecule has 0 radical (unpaired) electrons. The van der Waals surface area contributed by atoms with E-state index in [0.29, 0.717) is 11.1 Å². The van der Waals surface area contributed by atoms with E-state index in [1.165, 1.54) is 6.20 Å². The summed E-state index contributed by atoms with van der Waals surface area (Å²) < 4.78 is 5.72. The Kier molecular flexibility index (Phi) is 5.71. The summed E-state index contributed by atoms with van der Waals surface area (Å²) in [5.41, 5.74) is 6.74. The summed E-state index contributed by atoms with van der Waals surface area (Å²) in [5, 5.41) is 0. The molecule has 142 valence electrons. The van der Waals surface area contributed by atoms with E-state index in [1.807, 2.05) is 39.0 Å². The van der Waals surface area contributed by atoms with Crippen molar-refractivity contribution in [2.24, 2.45) is 0 Å². The lowest BCUT2D eigenvalue weighted by atomic mass is 10.1. The van der Waals surface area contributed by atoms with Gasteiger partial charge in [0.15, 0.2) is 0 Å². The van der Waals surface area contributed by atoms with Gasteiger partial charge < -0.3 is 9.64 Å². The Hall–Kier alpha value is -2.93. The van der Waals surface area contributed by atoms with Crippen LogP contribution in [0.3, 0.4) is 0 Å². The van der Waals surface area contributed by atoms with Crippen molar-refractivity contribution in [1.82, 2.24) is 15.8 Å². The molecule has 2 atom stereocenters. The van der Waals surface area contributed by atoms with Crippen LogP contribution >= 0.6 is 0 Å². The van der Waals surface area contributed by atoms with E-state index in [1.54, 1.807) is 18.2 Å². The molecule has 2 amide bonds. The van der Waals surface area contributed by atoms with Gasteiger partial charge >= 0.3 is 0 Å². The molecule has 0 aliphatic carbocycles. The van der Waals surface area contributed by atoms with Crippen molar-refractivity contribution < 1.29 is 14.3 Å². The average Bonchev–Trinajstić information content (AvgIpc) is 2.66. The number of hydrogen-bond acceptors (Lipinski definition) is 5. The number of benzene rings is 1. The van der Waals surface area contributed by atoms with E-state index in [0.717, 1.165) is 24.5 Å². The molecule has 1 saturated heterocycles. The number of carbonyl (C=O) groups excluding carboxylic acids is 2. The zero-order chi connectivity index (χ0) is 19.4. The molecule has 1 fully saturated rings. The Bertz CT molecular complexity index is 795. The Balaban J connectivity index is 1.57. The first-order chi connectivity index (χ1) is 12.9. The first kappa shape index (κ1) is 18.8. The third kappa shape index (κ3) is 4.83. The van der Waals surface area contributed by atoms with Crippen LogP contribution in [-0.2, 0) is 4.74 Å². The van der Waals surface area contributed by atoms with Gasteiger partial charge in [0.25, 0.3) is 11.8 Å². The molecule has 2 unspecified atom stereocenters. The van der Waals surface area contributed by atoms with Crippen molar-refractivity contribution in [3.05, 3.63) is 59.3 Å². The zero-order valence-corrected chi connectivity index (χ0v) is 15.7. The maximum Gasteiger partial charge on any atom is 0.271 e. The fourth-order valence-corrected chi connectivity index (χ4v) is 3.04. The molecule has 27 heavy (non-hydrogen) atoms. The molecule has 7 heteroatoms. The number of morpholine rings is 1. The standard InChI is InChI=1S/C20H24N4O3/c1-13-4-6-16(7-5-13)19(25)22-23-20(26)17-8-9-18(21-10-17)24-11-14(2)27-15(3)12-24/h4-10,14-15H,11-12H2,1-3H3,(H,22,25)(H,23,26). The number of anilines is 1. The molecular weight excluding hydrogens is 344 g/mol. The number of pyridine rings is 1. The molecule has 0 spiro atoms. The highest BCUT2D eigenvalue weighted by Crippen LogP contribution is 2.18. The fraction of sp³-hybridized carbons (Fsp3) is 0.350. The van der Waals surface area contributed by atoms with Crippen molar-refractivity contribution in [3.63, 3.8) is 0 Å². The Morgan fingerprint density at radius 3 is 2.07 bits per heavy atom. The van der Waals surface area contributed by atoms with E-state index in [9.17, 15) is 9.59 Å². The van der Waals surface area contributed by atoms with Crippen molar-refractivity contribution >= 4 is 17.6 Å². The summed E-state index contributed by atoms with van der Waals surface area (Å²) in [6.45, 7) is 7.52. The van der Waals surface area contributed by atoms with Crippen LogP contribution in [0.1, 0.15) is 40.1 Å². The monoisotopic (exact) mass is 368 g/mol. The summed E-state index contributed by atoms with van der Waals surface area (Å²) >= 11 is 0. The molecule has 2 aromatic rings. The number of nitrogens with zero attached hydrogens (tertiary/aromatic N) is 2. The molecule has 1 aliphatic heterocycles. The minimum absolute atomic E-state index is 0.135. The smallest absolute Gasteiger partial charge is 0.271 e. The number of amides is 2. The molecule has 7 nitrogen and oxygen atoms in total. The number of aromatic nitrogens is 1. The topological polar surface area (TPSA) is 83.6 Å². The maximum atomic E-state index is 12.2. The molecule has 2 N–H and O–H groups in total. The summed E-state index contributed by atoms with van der Waals surface area (Å²) in [6.07, 6.45) is 1.78. The van der Waals surface area contributed by atoms with Gasteiger partial charge in [-0.2, -0.15) is 0 Å². The molecule has 1 aromatic heterocycles. The van der Waals surface area contributed by atoms with Crippen molar-refractivity contribution in [2.45, 2.75) is 33.0 Å². The Morgan fingerprint density at radius 1 is 0.963 bits per heavy atom. The summed E-state index contributed by atoms with van der Waals surface area (Å²) in [6, 6.07) is 10.6. The van der Waals surface area contributed by atoms with Crippen LogP contribution in [0.15, 0.2) is 42.6 Å². The maximum absolute atomic E-state index is 12.2. The average molecular weight is 368 g/mol. The van der Waals surface area contributed by atoms with Crippen molar-refractivity contribution in [2.75, 3.05) is 18.0 Å². The largest absolute Gasteiger partial charge is 0.372 e. The third-order valence-electron chi connectivity index (χ3n) is 4.36. The van der Waals surface area contributed by atoms with Crippen LogP contribution in [-0.4, -0.2) is 42.1 Å². The van der Waals surface area contributed by atoms with Gasteiger partial charge in [-0.1, -0.05) is 17.7 Å². The molecule has 1 aliphatic rings. The SMILES string of the molecule is Cc1ccc(C(=O)NNC(=O)c2ccc(N3CC(C)OC(C)C3)nc2)cc1. The minimum Gasteiger partial charge on any atom is -0.372 e. The molecule has 0 bridgehead atoms. The lowest BCUT2D eigenvalue weighted by molar-refractivity contribution is -0.00546. The van der Waals surface area contributed by atoms with Gasteiger partial charge in [-0.3, -0.25) is 20.4 Å². The number of hydrogen-bond donors (Lipinski definition) is 2. The number of rotatable bonds is 3. The first-order valence-electron chi connectivity index (χ1n) is 8.96.